The van der Waals surface area contributed by atoms with E-state index in [0.717, 1.165) is 23.6 Å². The highest BCUT2D eigenvalue weighted by molar-refractivity contribution is 7.89. The second kappa shape index (κ2) is 5.19. The van der Waals surface area contributed by atoms with Gasteiger partial charge in [-0.05, 0) is 35.2 Å². The van der Waals surface area contributed by atoms with Gasteiger partial charge in [0.05, 0.1) is 4.90 Å². The molecule has 0 aliphatic carbocycles. The molecule has 1 aliphatic rings. The Hall–Kier alpha value is -1.39. The molecule has 1 aliphatic heterocycles. The summed E-state index contributed by atoms with van der Waals surface area (Å²) in [6, 6.07) is 13.2. The van der Waals surface area contributed by atoms with Crippen LogP contribution in [-0.2, 0) is 10.0 Å². The molecule has 1 heterocycles. The molecule has 2 aromatic rings. The van der Waals surface area contributed by atoms with Crippen LogP contribution in [0.4, 0.5) is 0 Å². The summed E-state index contributed by atoms with van der Waals surface area (Å²) in [6.45, 7) is 3.43. The number of hydrogen-bond acceptors (Lipinski definition) is 2. The van der Waals surface area contributed by atoms with Crippen molar-refractivity contribution in [2.45, 2.75) is 24.7 Å². The predicted octanol–water partition coefficient (Wildman–Crippen LogP) is 3.26. The van der Waals surface area contributed by atoms with Gasteiger partial charge < -0.3 is 0 Å². The van der Waals surface area contributed by atoms with Crippen LogP contribution in [0.2, 0.25) is 0 Å². The Labute approximate surface area is 120 Å². The lowest BCUT2D eigenvalue weighted by Gasteiger charge is -2.16. The van der Waals surface area contributed by atoms with Crippen molar-refractivity contribution in [3.8, 4) is 0 Å². The summed E-state index contributed by atoms with van der Waals surface area (Å²) in [7, 11) is -3.34. The molecule has 3 nitrogen and oxygen atoms in total. The van der Waals surface area contributed by atoms with E-state index in [2.05, 4.69) is 6.92 Å². The Balaban J connectivity index is 1.97. The highest BCUT2D eigenvalue weighted by Crippen LogP contribution is 2.27. The summed E-state index contributed by atoms with van der Waals surface area (Å²) in [5, 5.41) is 2.04. The number of benzene rings is 2. The first kappa shape index (κ1) is 13.6. The number of nitrogens with zero attached hydrogens (tertiary/aromatic N) is 1. The minimum absolute atomic E-state index is 0.410. The van der Waals surface area contributed by atoms with Crippen molar-refractivity contribution in [2.75, 3.05) is 13.1 Å². The van der Waals surface area contributed by atoms with Gasteiger partial charge >= 0.3 is 0 Å². The van der Waals surface area contributed by atoms with Gasteiger partial charge in [-0.1, -0.05) is 43.7 Å². The molecule has 0 amide bonds. The third kappa shape index (κ3) is 2.34. The second-order valence-corrected chi connectivity index (χ2v) is 7.37. The lowest BCUT2D eigenvalue weighted by Crippen LogP contribution is -2.28. The lowest BCUT2D eigenvalue weighted by molar-refractivity contribution is 0.453. The van der Waals surface area contributed by atoms with E-state index in [1.165, 1.54) is 0 Å². The van der Waals surface area contributed by atoms with E-state index in [-0.39, 0.29) is 0 Å². The molecule has 3 rings (SSSR count). The topological polar surface area (TPSA) is 37.4 Å². The zero-order valence-electron chi connectivity index (χ0n) is 11.6. The monoisotopic (exact) mass is 289 g/mol. The quantitative estimate of drug-likeness (QED) is 0.869. The molecule has 0 saturated carbocycles. The first-order valence-electron chi connectivity index (χ1n) is 7.10. The van der Waals surface area contributed by atoms with Crippen molar-refractivity contribution in [3.63, 3.8) is 0 Å². The number of fused-ring (bicyclic) bond motifs is 1. The van der Waals surface area contributed by atoms with Crippen LogP contribution in [0.5, 0.6) is 0 Å². The molecule has 0 spiro atoms. The SMILES string of the molecule is CC[C@@H]1CCN(S(=O)(=O)c2ccc3ccccc3c2)C1. The second-order valence-electron chi connectivity index (χ2n) is 5.43. The Morgan fingerprint density at radius 1 is 1.15 bits per heavy atom. The fourth-order valence-corrected chi connectivity index (χ4v) is 4.39. The smallest absolute Gasteiger partial charge is 0.207 e. The summed E-state index contributed by atoms with van der Waals surface area (Å²) >= 11 is 0. The molecule has 4 heteroatoms. The fraction of sp³-hybridized carbons (Fsp3) is 0.375. The van der Waals surface area contributed by atoms with E-state index < -0.39 is 10.0 Å². The molecular formula is C16H19NO2S. The summed E-state index contributed by atoms with van der Waals surface area (Å²) in [6.07, 6.45) is 2.02. The molecule has 0 N–H and O–H groups in total. The zero-order chi connectivity index (χ0) is 14.2. The molecule has 0 bridgehead atoms. The normalized spacial score (nSPS) is 20.6. The van der Waals surface area contributed by atoms with Crippen LogP contribution in [-0.4, -0.2) is 25.8 Å². The first-order chi connectivity index (χ1) is 9.61. The average Bonchev–Trinajstić information content (AvgIpc) is 2.96. The summed E-state index contributed by atoms with van der Waals surface area (Å²) in [5.41, 5.74) is 0. The highest BCUT2D eigenvalue weighted by atomic mass is 32.2. The fourth-order valence-electron chi connectivity index (χ4n) is 2.83. The molecule has 20 heavy (non-hydrogen) atoms. The molecule has 1 saturated heterocycles. The van der Waals surface area contributed by atoms with Gasteiger partial charge in [-0.15, -0.1) is 0 Å². The molecule has 0 aromatic heterocycles. The molecule has 0 unspecified atom stereocenters. The van der Waals surface area contributed by atoms with Crippen molar-refractivity contribution >= 4 is 20.8 Å². The molecule has 2 aromatic carbocycles. The van der Waals surface area contributed by atoms with Crippen molar-refractivity contribution in [2.24, 2.45) is 5.92 Å². The largest absolute Gasteiger partial charge is 0.243 e. The minimum Gasteiger partial charge on any atom is -0.207 e. The van der Waals surface area contributed by atoms with Crippen LogP contribution in [0.1, 0.15) is 19.8 Å². The predicted molar refractivity (Wildman–Crippen MR) is 81.1 cm³/mol. The molecule has 0 radical (unpaired) electrons. The van der Waals surface area contributed by atoms with Crippen LogP contribution < -0.4 is 0 Å². The maximum absolute atomic E-state index is 12.7. The van der Waals surface area contributed by atoms with Gasteiger partial charge in [-0.3, -0.25) is 0 Å². The van der Waals surface area contributed by atoms with Gasteiger partial charge in [-0.25, -0.2) is 8.42 Å². The highest BCUT2D eigenvalue weighted by Gasteiger charge is 2.31. The third-order valence-corrected chi connectivity index (χ3v) is 6.05. The van der Waals surface area contributed by atoms with Crippen LogP contribution in [0.3, 0.4) is 0 Å². The van der Waals surface area contributed by atoms with Gasteiger partial charge in [0.15, 0.2) is 0 Å². The van der Waals surface area contributed by atoms with E-state index in [1.807, 2.05) is 30.3 Å². The Bertz CT molecular complexity index is 724. The van der Waals surface area contributed by atoms with Crippen molar-refractivity contribution < 1.29 is 8.42 Å². The van der Waals surface area contributed by atoms with Crippen molar-refractivity contribution in [1.29, 1.82) is 0 Å². The summed E-state index contributed by atoms with van der Waals surface area (Å²) in [5.74, 6) is 0.505. The van der Waals surface area contributed by atoms with Crippen LogP contribution in [0.25, 0.3) is 10.8 Å². The van der Waals surface area contributed by atoms with E-state index in [9.17, 15) is 8.42 Å². The van der Waals surface area contributed by atoms with Crippen LogP contribution in [0.15, 0.2) is 47.4 Å². The Kier molecular flexibility index (Phi) is 3.52. The maximum atomic E-state index is 12.7. The zero-order valence-corrected chi connectivity index (χ0v) is 12.4. The van der Waals surface area contributed by atoms with Gasteiger partial charge in [0.2, 0.25) is 10.0 Å². The van der Waals surface area contributed by atoms with Crippen molar-refractivity contribution in [3.05, 3.63) is 42.5 Å². The van der Waals surface area contributed by atoms with E-state index in [4.69, 9.17) is 0 Å². The number of sulfonamides is 1. The van der Waals surface area contributed by atoms with Gasteiger partial charge in [0.1, 0.15) is 0 Å². The number of hydrogen-bond donors (Lipinski definition) is 0. The van der Waals surface area contributed by atoms with Crippen LogP contribution >= 0.6 is 0 Å². The minimum atomic E-state index is -3.34. The number of rotatable bonds is 3. The summed E-state index contributed by atoms with van der Waals surface area (Å²) < 4.78 is 27.0. The molecular weight excluding hydrogens is 270 g/mol. The first-order valence-corrected chi connectivity index (χ1v) is 8.54. The van der Waals surface area contributed by atoms with E-state index >= 15 is 0 Å². The lowest BCUT2D eigenvalue weighted by atomic mass is 10.1. The molecule has 1 atom stereocenters. The third-order valence-electron chi connectivity index (χ3n) is 4.18. The maximum Gasteiger partial charge on any atom is 0.243 e. The van der Waals surface area contributed by atoms with Gasteiger partial charge in [-0.2, -0.15) is 4.31 Å². The van der Waals surface area contributed by atoms with E-state index in [0.29, 0.717) is 23.9 Å². The standard InChI is InChI=1S/C16H19NO2S/c1-2-13-9-10-17(12-13)20(18,19)16-8-7-14-5-3-4-6-15(14)11-16/h3-8,11,13H,2,9-10,12H2,1H3/t13-/m1/s1. The van der Waals surface area contributed by atoms with Gasteiger partial charge in [0, 0.05) is 13.1 Å². The molecule has 1 fully saturated rings. The average molecular weight is 289 g/mol. The molecule has 106 valence electrons. The van der Waals surface area contributed by atoms with Crippen molar-refractivity contribution in [1.82, 2.24) is 4.31 Å². The Morgan fingerprint density at radius 3 is 2.60 bits per heavy atom. The van der Waals surface area contributed by atoms with Gasteiger partial charge in [0.25, 0.3) is 0 Å². The van der Waals surface area contributed by atoms with Crippen LogP contribution in [0, 0.1) is 5.92 Å². The summed E-state index contributed by atoms with van der Waals surface area (Å²) in [4.78, 5) is 0.410. The Morgan fingerprint density at radius 2 is 1.90 bits per heavy atom. The van der Waals surface area contributed by atoms with E-state index in [1.54, 1.807) is 16.4 Å².